The first kappa shape index (κ1) is 20.0. The molecule has 10 heteroatoms. The molecular formula is C17H29N5O4Si. The molecule has 0 amide bonds. The molecule has 1 saturated heterocycles. The monoisotopic (exact) mass is 395 g/mol. The van der Waals surface area contributed by atoms with Gasteiger partial charge in [-0.2, -0.15) is 0 Å². The lowest BCUT2D eigenvalue weighted by molar-refractivity contribution is -0.0453. The minimum Gasteiger partial charge on any atom is -0.479 e. The van der Waals surface area contributed by atoms with E-state index in [4.69, 9.17) is 19.6 Å². The fraction of sp³-hybridized carbons (Fsp3) is 0.706. The summed E-state index contributed by atoms with van der Waals surface area (Å²) in [6.07, 6.45) is 0.871. The summed E-state index contributed by atoms with van der Waals surface area (Å²) in [5.41, 5.74) is 6.51. The molecule has 3 heterocycles. The zero-order chi connectivity index (χ0) is 20.0. The van der Waals surface area contributed by atoms with Gasteiger partial charge in [0.05, 0.1) is 19.8 Å². The van der Waals surface area contributed by atoms with Crippen LogP contribution in [0.1, 0.15) is 33.4 Å². The Bertz CT molecular complexity index is 819. The van der Waals surface area contributed by atoms with Gasteiger partial charge in [0.1, 0.15) is 23.6 Å². The molecule has 1 fully saturated rings. The van der Waals surface area contributed by atoms with E-state index in [0.29, 0.717) is 29.2 Å². The Morgan fingerprint density at radius 2 is 2.07 bits per heavy atom. The molecule has 3 atom stereocenters. The molecule has 3 N–H and O–H groups in total. The highest BCUT2D eigenvalue weighted by atomic mass is 28.4. The van der Waals surface area contributed by atoms with Crippen LogP contribution in [0.25, 0.3) is 11.0 Å². The average molecular weight is 396 g/mol. The van der Waals surface area contributed by atoms with Crippen molar-refractivity contribution in [1.82, 2.24) is 19.7 Å². The number of hydrogen-bond donors (Lipinski definition) is 2. The molecule has 1 aliphatic rings. The van der Waals surface area contributed by atoms with Crippen LogP contribution >= 0.6 is 0 Å². The number of nitrogens with zero attached hydrogens (tertiary/aromatic N) is 4. The second-order valence-corrected chi connectivity index (χ2v) is 13.1. The molecule has 27 heavy (non-hydrogen) atoms. The second kappa shape index (κ2) is 7.01. The largest absolute Gasteiger partial charge is 0.479 e. The molecule has 0 saturated carbocycles. The number of nitrogens with two attached hydrogens (primary N) is 1. The van der Waals surface area contributed by atoms with Gasteiger partial charge < -0.3 is 24.7 Å². The van der Waals surface area contributed by atoms with Crippen molar-refractivity contribution < 1.29 is 19.0 Å². The number of rotatable bonds is 5. The quantitative estimate of drug-likeness (QED) is 0.739. The summed E-state index contributed by atoms with van der Waals surface area (Å²) < 4.78 is 19.6. The Morgan fingerprint density at radius 1 is 1.37 bits per heavy atom. The minimum atomic E-state index is -2.01. The maximum atomic E-state index is 9.82. The molecule has 1 unspecified atom stereocenters. The van der Waals surface area contributed by atoms with Crippen molar-refractivity contribution in [3.63, 3.8) is 0 Å². The van der Waals surface area contributed by atoms with E-state index in [1.54, 1.807) is 4.68 Å². The number of nitrogen functional groups attached to an aromatic ring is 1. The highest BCUT2D eigenvalue weighted by Crippen LogP contribution is 2.42. The Hall–Kier alpha value is -1.75. The van der Waals surface area contributed by atoms with Crippen LogP contribution in [0.5, 0.6) is 5.88 Å². The van der Waals surface area contributed by atoms with Gasteiger partial charge in [-0.25, -0.2) is 14.6 Å². The molecule has 0 spiro atoms. The van der Waals surface area contributed by atoms with E-state index in [9.17, 15) is 5.11 Å². The van der Waals surface area contributed by atoms with Gasteiger partial charge in [-0.3, -0.25) is 0 Å². The van der Waals surface area contributed by atoms with Crippen LogP contribution in [-0.2, 0) is 9.16 Å². The van der Waals surface area contributed by atoms with Gasteiger partial charge in [-0.1, -0.05) is 20.8 Å². The van der Waals surface area contributed by atoms with Gasteiger partial charge in [0.2, 0.25) is 5.88 Å². The molecule has 2 aromatic rings. The van der Waals surface area contributed by atoms with Crippen molar-refractivity contribution in [2.24, 2.45) is 0 Å². The third-order valence-electron chi connectivity index (χ3n) is 5.56. The number of fused-ring (bicyclic) bond motifs is 1. The zero-order valence-corrected chi connectivity index (χ0v) is 17.8. The van der Waals surface area contributed by atoms with Gasteiger partial charge >= 0.3 is 0 Å². The standard InChI is InChI=1S/C17H29N5O4Si/c1-17(2,3)27(5,6)26-10-7-12(25-11(10)8-23)22-15-13(16(21-22)24-4)14(18)19-9-20-15/h9-12,23H,7-8H2,1-6H3,(H2,18,19,20)/t10?,11-,12-/m1/s1. The Morgan fingerprint density at radius 3 is 2.67 bits per heavy atom. The number of aliphatic hydroxyl groups is 1. The van der Waals surface area contributed by atoms with Gasteiger partial charge in [-0.15, -0.1) is 5.10 Å². The molecule has 0 aliphatic carbocycles. The smallest absolute Gasteiger partial charge is 0.246 e. The first-order valence-electron chi connectivity index (χ1n) is 9.06. The summed E-state index contributed by atoms with van der Waals surface area (Å²) >= 11 is 0. The third-order valence-corrected chi connectivity index (χ3v) is 10.1. The van der Waals surface area contributed by atoms with E-state index in [-0.39, 0.29) is 17.7 Å². The lowest BCUT2D eigenvalue weighted by atomic mass is 10.2. The predicted octanol–water partition coefficient (Wildman–Crippen LogP) is 2.09. The number of aliphatic hydroxyl groups excluding tert-OH is 1. The van der Waals surface area contributed by atoms with E-state index in [1.165, 1.54) is 13.4 Å². The molecule has 9 nitrogen and oxygen atoms in total. The second-order valence-electron chi connectivity index (χ2n) is 8.38. The van der Waals surface area contributed by atoms with E-state index in [1.807, 2.05) is 0 Å². The highest BCUT2D eigenvalue weighted by Gasteiger charge is 2.45. The highest BCUT2D eigenvalue weighted by molar-refractivity contribution is 6.74. The van der Waals surface area contributed by atoms with Crippen molar-refractivity contribution in [3.8, 4) is 5.88 Å². The lowest BCUT2D eigenvalue weighted by Crippen LogP contribution is -2.46. The SMILES string of the molecule is COc1nn([C@H]2CC(O[Si](C)(C)C(C)(C)C)[C@@H](CO)O2)c2ncnc(N)c12. The van der Waals surface area contributed by atoms with E-state index >= 15 is 0 Å². The van der Waals surface area contributed by atoms with Crippen molar-refractivity contribution >= 4 is 25.2 Å². The number of anilines is 1. The number of hydrogen-bond acceptors (Lipinski definition) is 8. The van der Waals surface area contributed by atoms with Gasteiger partial charge in [0, 0.05) is 6.42 Å². The topological polar surface area (TPSA) is 118 Å². The molecule has 0 aromatic carbocycles. The van der Waals surface area contributed by atoms with Crippen LogP contribution < -0.4 is 10.5 Å². The van der Waals surface area contributed by atoms with Crippen LogP contribution in [0.15, 0.2) is 6.33 Å². The lowest BCUT2D eigenvalue weighted by Gasteiger charge is -2.39. The third kappa shape index (κ3) is 3.54. The van der Waals surface area contributed by atoms with Crippen molar-refractivity contribution in [2.75, 3.05) is 19.5 Å². The molecule has 1 aliphatic heterocycles. The molecule has 0 radical (unpaired) electrons. The summed E-state index contributed by atoms with van der Waals surface area (Å²) in [7, 11) is -0.492. The van der Waals surface area contributed by atoms with Gasteiger partial charge in [0.25, 0.3) is 0 Å². The number of methoxy groups -OCH3 is 1. The predicted molar refractivity (Wildman–Crippen MR) is 104 cm³/mol. The van der Waals surface area contributed by atoms with Crippen molar-refractivity contribution in [3.05, 3.63) is 6.33 Å². The maximum absolute atomic E-state index is 9.82. The fourth-order valence-electron chi connectivity index (χ4n) is 3.00. The molecule has 3 rings (SSSR count). The molecule has 2 aromatic heterocycles. The van der Waals surface area contributed by atoms with Crippen LogP contribution in [0.2, 0.25) is 18.1 Å². The van der Waals surface area contributed by atoms with Crippen LogP contribution in [0.4, 0.5) is 5.82 Å². The van der Waals surface area contributed by atoms with Crippen LogP contribution in [0, 0.1) is 0 Å². The molecule has 150 valence electrons. The number of aromatic nitrogens is 4. The summed E-state index contributed by atoms with van der Waals surface area (Å²) in [6, 6.07) is 0. The summed E-state index contributed by atoms with van der Waals surface area (Å²) in [6.45, 7) is 10.8. The fourth-order valence-corrected chi connectivity index (χ4v) is 4.36. The molecular weight excluding hydrogens is 366 g/mol. The first-order valence-corrected chi connectivity index (χ1v) is 12.0. The zero-order valence-electron chi connectivity index (χ0n) is 16.8. The van der Waals surface area contributed by atoms with E-state index < -0.39 is 20.6 Å². The van der Waals surface area contributed by atoms with E-state index in [0.717, 1.165) is 0 Å². The van der Waals surface area contributed by atoms with Gasteiger partial charge in [0.15, 0.2) is 20.2 Å². The summed E-state index contributed by atoms with van der Waals surface area (Å²) in [5.74, 6) is 0.648. The maximum Gasteiger partial charge on any atom is 0.246 e. The van der Waals surface area contributed by atoms with E-state index in [2.05, 4.69) is 48.9 Å². The minimum absolute atomic E-state index is 0.0639. The Kier molecular flexibility index (Phi) is 5.19. The molecule has 0 bridgehead atoms. The average Bonchev–Trinajstić information content (AvgIpc) is 3.15. The van der Waals surface area contributed by atoms with Crippen LogP contribution in [0.3, 0.4) is 0 Å². The van der Waals surface area contributed by atoms with Crippen LogP contribution in [-0.4, -0.2) is 59.1 Å². The summed E-state index contributed by atoms with van der Waals surface area (Å²) in [5, 5.41) is 14.9. The van der Waals surface area contributed by atoms with Crippen molar-refractivity contribution in [1.29, 1.82) is 0 Å². The Balaban J connectivity index is 1.92. The first-order chi connectivity index (χ1) is 12.6. The number of ether oxygens (including phenoxy) is 2. The Labute approximate surface area is 160 Å². The normalized spacial score (nSPS) is 23.9. The summed E-state index contributed by atoms with van der Waals surface area (Å²) in [4.78, 5) is 8.31. The van der Waals surface area contributed by atoms with Crippen molar-refractivity contribution in [2.45, 2.75) is 63.8 Å². The van der Waals surface area contributed by atoms with Gasteiger partial charge in [-0.05, 0) is 18.1 Å².